The first kappa shape index (κ1) is 15.3. The summed E-state index contributed by atoms with van der Waals surface area (Å²) in [5, 5.41) is 17.4. The van der Waals surface area contributed by atoms with Crippen LogP contribution in [0.5, 0.6) is 0 Å². The van der Waals surface area contributed by atoms with Gasteiger partial charge in [0.05, 0.1) is 16.0 Å². The van der Waals surface area contributed by atoms with Crippen LogP contribution in [0.1, 0.15) is 20.1 Å². The fourth-order valence-electron chi connectivity index (χ4n) is 1.98. The van der Waals surface area contributed by atoms with Gasteiger partial charge >= 0.3 is 0 Å². The van der Waals surface area contributed by atoms with Gasteiger partial charge in [-0.1, -0.05) is 0 Å². The summed E-state index contributed by atoms with van der Waals surface area (Å²) in [6.07, 6.45) is 1.61. The Morgan fingerprint density at radius 2 is 2.17 bits per heavy atom. The molecule has 0 aliphatic carbocycles. The number of fused-ring (bicyclic) bond motifs is 1. The van der Waals surface area contributed by atoms with E-state index in [0.717, 1.165) is 15.1 Å². The molecule has 0 spiro atoms. The number of rotatable bonds is 4. The zero-order chi connectivity index (χ0) is 16.4. The summed E-state index contributed by atoms with van der Waals surface area (Å²) in [5.74, 6) is -0.334. The molecule has 0 saturated carbocycles. The lowest BCUT2D eigenvalue weighted by Crippen LogP contribution is -2.16. The predicted molar refractivity (Wildman–Crippen MR) is 92.6 cm³/mol. The smallest absolute Gasteiger partial charge is 0.266 e. The van der Waals surface area contributed by atoms with Crippen LogP contribution >= 0.6 is 22.7 Å². The largest absolute Gasteiger partial charge is 0.281 e. The lowest BCUT2D eigenvalue weighted by molar-refractivity contribution is -0.384. The summed E-state index contributed by atoms with van der Waals surface area (Å²) in [5.41, 5.74) is 3.58. The quantitative estimate of drug-likeness (QED) is 0.441. The van der Waals surface area contributed by atoms with Gasteiger partial charge in [0.2, 0.25) is 0 Å². The Morgan fingerprint density at radius 3 is 2.87 bits per heavy atom. The molecule has 1 aromatic carbocycles. The molecule has 3 rings (SSSR count). The van der Waals surface area contributed by atoms with Crippen LogP contribution in [-0.4, -0.2) is 17.0 Å². The van der Waals surface area contributed by atoms with Crippen molar-refractivity contribution < 1.29 is 9.72 Å². The first-order valence-electron chi connectivity index (χ1n) is 6.60. The molecule has 0 aliphatic rings. The van der Waals surface area contributed by atoms with Gasteiger partial charge in [0, 0.05) is 27.1 Å². The van der Waals surface area contributed by atoms with E-state index >= 15 is 0 Å². The average Bonchev–Trinajstić information content (AvgIpc) is 3.12. The number of carbonyl (C=O) groups is 1. The third-order valence-corrected chi connectivity index (χ3v) is 5.25. The Labute approximate surface area is 139 Å². The number of hydrazone groups is 1. The van der Waals surface area contributed by atoms with Crippen molar-refractivity contribution in [2.45, 2.75) is 6.92 Å². The van der Waals surface area contributed by atoms with Crippen LogP contribution in [0, 0.1) is 17.0 Å². The maximum Gasteiger partial charge on any atom is 0.281 e. The number of nitrogens with zero attached hydrogens (tertiary/aromatic N) is 2. The standard InChI is InChI=1S/C15H11N3O3S2/c1-9-4-5-22-14(9)8-16-17-15(19)13-7-10-6-11(18(20)21)2-3-12(10)23-13/h2-8H,1H3,(H,17,19)/b16-8-. The van der Waals surface area contributed by atoms with E-state index in [1.807, 2.05) is 18.4 Å². The van der Waals surface area contributed by atoms with Gasteiger partial charge in [-0.05, 0) is 36.1 Å². The van der Waals surface area contributed by atoms with Crippen molar-refractivity contribution in [2.75, 3.05) is 0 Å². The Balaban J connectivity index is 1.77. The summed E-state index contributed by atoms with van der Waals surface area (Å²) in [4.78, 5) is 23.9. The number of nitrogens with one attached hydrogen (secondary N) is 1. The highest BCUT2D eigenvalue weighted by molar-refractivity contribution is 7.20. The highest BCUT2D eigenvalue weighted by Gasteiger charge is 2.12. The minimum absolute atomic E-state index is 0.00782. The molecule has 1 amide bonds. The molecular weight excluding hydrogens is 334 g/mol. The maximum atomic E-state index is 12.1. The van der Waals surface area contributed by atoms with Gasteiger partial charge in [-0.15, -0.1) is 22.7 Å². The highest BCUT2D eigenvalue weighted by Crippen LogP contribution is 2.28. The highest BCUT2D eigenvalue weighted by atomic mass is 32.1. The molecule has 3 aromatic rings. The number of nitro benzene ring substituents is 1. The lowest BCUT2D eigenvalue weighted by Gasteiger charge is -1.95. The van der Waals surface area contributed by atoms with Gasteiger partial charge in [0.25, 0.3) is 11.6 Å². The normalized spacial score (nSPS) is 11.2. The topological polar surface area (TPSA) is 84.6 Å². The number of non-ortho nitro benzene ring substituents is 1. The molecule has 0 saturated heterocycles. The molecule has 116 valence electrons. The van der Waals surface area contributed by atoms with Crippen LogP contribution in [0.4, 0.5) is 5.69 Å². The van der Waals surface area contributed by atoms with Crippen LogP contribution in [0.25, 0.3) is 10.1 Å². The summed E-state index contributed by atoms with van der Waals surface area (Å²) in [6.45, 7) is 1.97. The van der Waals surface area contributed by atoms with E-state index in [4.69, 9.17) is 0 Å². The van der Waals surface area contributed by atoms with E-state index in [9.17, 15) is 14.9 Å². The van der Waals surface area contributed by atoms with E-state index in [1.54, 1.807) is 29.7 Å². The Hall–Kier alpha value is -2.58. The number of hydrogen-bond acceptors (Lipinski definition) is 6. The summed E-state index contributed by atoms with van der Waals surface area (Å²) < 4.78 is 0.818. The molecule has 0 unspecified atom stereocenters. The minimum Gasteiger partial charge on any atom is -0.266 e. The van der Waals surface area contributed by atoms with E-state index in [1.165, 1.54) is 23.5 Å². The Morgan fingerprint density at radius 1 is 1.35 bits per heavy atom. The summed E-state index contributed by atoms with van der Waals surface area (Å²) in [7, 11) is 0. The van der Waals surface area contributed by atoms with Crippen LogP contribution in [0.15, 0.2) is 40.8 Å². The summed E-state index contributed by atoms with van der Waals surface area (Å²) >= 11 is 2.81. The number of thiophene rings is 2. The molecular formula is C15H11N3O3S2. The third-order valence-electron chi connectivity index (χ3n) is 3.18. The second kappa shape index (κ2) is 6.27. The van der Waals surface area contributed by atoms with E-state index in [0.29, 0.717) is 10.3 Å². The van der Waals surface area contributed by atoms with E-state index in [-0.39, 0.29) is 11.6 Å². The molecule has 0 bridgehead atoms. The third kappa shape index (κ3) is 3.27. The molecule has 6 nitrogen and oxygen atoms in total. The zero-order valence-corrected chi connectivity index (χ0v) is 13.6. The Bertz CT molecular complexity index is 927. The van der Waals surface area contributed by atoms with Crippen LogP contribution in [0.3, 0.4) is 0 Å². The maximum absolute atomic E-state index is 12.1. The average molecular weight is 345 g/mol. The van der Waals surface area contributed by atoms with Gasteiger partial charge in [0.15, 0.2) is 0 Å². The monoisotopic (exact) mass is 345 g/mol. The van der Waals surface area contributed by atoms with Gasteiger partial charge in [0.1, 0.15) is 0 Å². The number of hydrogen-bond donors (Lipinski definition) is 1. The first-order valence-corrected chi connectivity index (χ1v) is 8.29. The number of benzene rings is 1. The van der Waals surface area contributed by atoms with Crippen molar-refractivity contribution >= 4 is 50.6 Å². The zero-order valence-electron chi connectivity index (χ0n) is 12.0. The van der Waals surface area contributed by atoms with Crippen molar-refractivity contribution in [1.29, 1.82) is 0 Å². The first-order chi connectivity index (χ1) is 11.0. The van der Waals surface area contributed by atoms with E-state index < -0.39 is 4.92 Å². The molecule has 0 aliphatic heterocycles. The number of amides is 1. The van der Waals surface area contributed by atoms with Crippen LogP contribution in [-0.2, 0) is 0 Å². The second-order valence-electron chi connectivity index (χ2n) is 4.76. The van der Waals surface area contributed by atoms with Crippen LogP contribution in [0.2, 0.25) is 0 Å². The molecule has 1 N–H and O–H groups in total. The van der Waals surface area contributed by atoms with Crippen molar-refractivity contribution in [3.63, 3.8) is 0 Å². The van der Waals surface area contributed by atoms with Gasteiger partial charge < -0.3 is 0 Å². The van der Waals surface area contributed by atoms with Crippen molar-refractivity contribution in [3.05, 3.63) is 61.1 Å². The fraction of sp³-hybridized carbons (Fsp3) is 0.0667. The molecule has 0 atom stereocenters. The molecule has 8 heteroatoms. The Kier molecular flexibility index (Phi) is 4.18. The van der Waals surface area contributed by atoms with E-state index in [2.05, 4.69) is 10.5 Å². The molecule has 2 heterocycles. The molecule has 0 fully saturated rings. The number of carbonyl (C=O) groups excluding carboxylic acids is 1. The number of aryl methyl sites for hydroxylation is 1. The molecule has 0 radical (unpaired) electrons. The van der Waals surface area contributed by atoms with Crippen molar-refractivity contribution in [1.82, 2.24) is 5.43 Å². The fourth-order valence-corrected chi connectivity index (χ4v) is 3.70. The predicted octanol–water partition coefficient (Wildman–Crippen LogP) is 3.94. The molecule has 2 aromatic heterocycles. The van der Waals surface area contributed by atoms with Crippen LogP contribution < -0.4 is 5.43 Å². The second-order valence-corrected chi connectivity index (χ2v) is 6.79. The van der Waals surface area contributed by atoms with Gasteiger partial charge in [-0.25, -0.2) is 5.43 Å². The minimum atomic E-state index is -0.454. The summed E-state index contributed by atoms with van der Waals surface area (Å²) in [6, 6.07) is 8.15. The van der Waals surface area contributed by atoms with Gasteiger partial charge in [-0.3, -0.25) is 14.9 Å². The van der Waals surface area contributed by atoms with Crippen molar-refractivity contribution in [2.24, 2.45) is 5.10 Å². The van der Waals surface area contributed by atoms with Gasteiger partial charge in [-0.2, -0.15) is 5.10 Å². The SMILES string of the molecule is Cc1ccsc1/C=N\NC(=O)c1cc2cc([N+](=O)[O-])ccc2s1. The molecule has 23 heavy (non-hydrogen) atoms. The lowest BCUT2D eigenvalue weighted by atomic mass is 10.2. The van der Waals surface area contributed by atoms with Crippen molar-refractivity contribution in [3.8, 4) is 0 Å². The number of nitro groups is 1.